The van der Waals surface area contributed by atoms with Crippen LogP contribution in [0.25, 0.3) is 0 Å². The summed E-state index contributed by atoms with van der Waals surface area (Å²) in [6.07, 6.45) is 2.03. The molecule has 3 rings (SSSR count). The number of benzene rings is 2. The van der Waals surface area contributed by atoms with E-state index in [2.05, 4.69) is 4.72 Å². The number of amides is 1. The number of nitrogens with zero attached hydrogens (tertiary/aromatic N) is 1. The average molecular weight is 365 g/mol. The van der Waals surface area contributed by atoms with E-state index in [-0.39, 0.29) is 10.8 Å². The highest BCUT2D eigenvalue weighted by Gasteiger charge is 2.20. The fraction of sp³-hybridized carbons (Fsp3) is 0.235. The smallest absolute Gasteiger partial charge is 0.261 e. The van der Waals surface area contributed by atoms with Gasteiger partial charge in [0.05, 0.1) is 10.6 Å². The number of hydrogen-bond donors (Lipinski definition) is 1. The SMILES string of the molecule is O=C(c1ccc(S(=O)(=O)Nc2cccc(Cl)c2)cc1)N1CCCC1. The fourth-order valence-electron chi connectivity index (χ4n) is 2.65. The molecule has 0 unspecified atom stereocenters. The summed E-state index contributed by atoms with van der Waals surface area (Å²) in [6.45, 7) is 1.52. The minimum absolute atomic E-state index is 0.0563. The van der Waals surface area contributed by atoms with Gasteiger partial charge < -0.3 is 4.90 Å². The van der Waals surface area contributed by atoms with Crippen LogP contribution in [-0.2, 0) is 10.0 Å². The Balaban J connectivity index is 1.77. The number of carbonyl (C=O) groups excluding carboxylic acids is 1. The highest BCUT2D eigenvalue weighted by atomic mass is 35.5. The molecule has 7 heteroatoms. The van der Waals surface area contributed by atoms with Gasteiger partial charge in [0, 0.05) is 23.7 Å². The number of sulfonamides is 1. The topological polar surface area (TPSA) is 66.5 Å². The van der Waals surface area contributed by atoms with Crippen molar-refractivity contribution in [3.63, 3.8) is 0 Å². The molecule has 2 aromatic rings. The van der Waals surface area contributed by atoms with Crippen molar-refractivity contribution in [3.8, 4) is 0 Å². The van der Waals surface area contributed by atoms with Gasteiger partial charge in [-0.2, -0.15) is 0 Å². The molecule has 0 atom stereocenters. The van der Waals surface area contributed by atoms with Crippen molar-refractivity contribution in [1.29, 1.82) is 0 Å². The van der Waals surface area contributed by atoms with E-state index in [0.29, 0.717) is 16.3 Å². The van der Waals surface area contributed by atoms with Crippen LogP contribution >= 0.6 is 11.6 Å². The predicted molar refractivity (Wildman–Crippen MR) is 93.8 cm³/mol. The van der Waals surface area contributed by atoms with Crippen LogP contribution in [0.1, 0.15) is 23.2 Å². The van der Waals surface area contributed by atoms with E-state index in [9.17, 15) is 13.2 Å². The summed E-state index contributed by atoms with van der Waals surface area (Å²) in [4.78, 5) is 14.2. The van der Waals surface area contributed by atoms with Crippen molar-refractivity contribution in [1.82, 2.24) is 4.90 Å². The minimum Gasteiger partial charge on any atom is -0.339 e. The molecule has 5 nitrogen and oxygen atoms in total. The molecule has 126 valence electrons. The zero-order chi connectivity index (χ0) is 17.2. The van der Waals surface area contributed by atoms with Gasteiger partial charge in [-0.15, -0.1) is 0 Å². The Morgan fingerprint density at radius 2 is 1.71 bits per heavy atom. The van der Waals surface area contributed by atoms with Crippen LogP contribution in [0.2, 0.25) is 5.02 Å². The van der Waals surface area contributed by atoms with Gasteiger partial charge in [0.2, 0.25) is 0 Å². The molecule has 24 heavy (non-hydrogen) atoms. The molecule has 0 saturated carbocycles. The van der Waals surface area contributed by atoms with Crippen molar-refractivity contribution >= 4 is 33.2 Å². The number of halogens is 1. The monoisotopic (exact) mass is 364 g/mol. The molecule has 1 fully saturated rings. The second-order valence-corrected chi connectivity index (χ2v) is 7.76. The number of carbonyl (C=O) groups is 1. The Hall–Kier alpha value is -2.05. The quantitative estimate of drug-likeness (QED) is 0.904. The Bertz CT molecular complexity index is 844. The zero-order valence-electron chi connectivity index (χ0n) is 12.9. The van der Waals surface area contributed by atoms with Gasteiger partial charge in [0.25, 0.3) is 15.9 Å². The highest BCUT2D eigenvalue weighted by Crippen LogP contribution is 2.20. The molecule has 0 bridgehead atoms. The Labute approximate surface area is 146 Å². The molecule has 1 heterocycles. The fourth-order valence-corrected chi connectivity index (χ4v) is 3.89. The third-order valence-electron chi connectivity index (χ3n) is 3.88. The molecule has 2 aromatic carbocycles. The molecule has 1 aliphatic heterocycles. The van der Waals surface area contributed by atoms with Gasteiger partial charge in [0.15, 0.2) is 0 Å². The van der Waals surface area contributed by atoms with Gasteiger partial charge in [-0.25, -0.2) is 8.42 Å². The van der Waals surface area contributed by atoms with Crippen molar-refractivity contribution in [2.45, 2.75) is 17.7 Å². The van der Waals surface area contributed by atoms with Crippen LogP contribution in [-0.4, -0.2) is 32.3 Å². The number of likely N-dealkylation sites (tertiary alicyclic amines) is 1. The predicted octanol–water partition coefficient (Wildman–Crippen LogP) is 3.38. The van der Waals surface area contributed by atoms with Crippen LogP contribution in [0.4, 0.5) is 5.69 Å². The summed E-state index contributed by atoms with van der Waals surface area (Å²) >= 11 is 5.86. The lowest BCUT2D eigenvalue weighted by Crippen LogP contribution is -2.27. The van der Waals surface area contributed by atoms with Crippen LogP contribution in [0.5, 0.6) is 0 Å². The first-order valence-corrected chi connectivity index (χ1v) is 9.49. The number of hydrogen-bond acceptors (Lipinski definition) is 3. The lowest BCUT2D eigenvalue weighted by Gasteiger charge is -2.15. The summed E-state index contributed by atoms with van der Waals surface area (Å²) in [6, 6.07) is 12.5. The van der Waals surface area contributed by atoms with E-state index in [0.717, 1.165) is 25.9 Å². The first-order chi connectivity index (χ1) is 11.5. The Morgan fingerprint density at radius 3 is 2.33 bits per heavy atom. The molecule has 0 aliphatic carbocycles. The van der Waals surface area contributed by atoms with E-state index < -0.39 is 10.0 Å². The van der Waals surface area contributed by atoms with Crippen LogP contribution in [0.3, 0.4) is 0 Å². The second kappa shape index (κ2) is 6.83. The lowest BCUT2D eigenvalue weighted by atomic mass is 10.2. The molecule has 1 saturated heterocycles. The number of rotatable bonds is 4. The molecule has 0 radical (unpaired) electrons. The van der Waals surface area contributed by atoms with Gasteiger partial charge in [0.1, 0.15) is 0 Å². The molecule has 0 spiro atoms. The summed E-state index contributed by atoms with van der Waals surface area (Å²) in [5.41, 5.74) is 0.887. The average Bonchev–Trinajstić information content (AvgIpc) is 3.08. The van der Waals surface area contributed by atoms with E-state index in [1.54, 1.807) is 35.2 Å². The summed E-state index contributed by atoms with van der Waals surface area (Å²) in [7, 11) is -3.73. The zero-order valence-corrected chi connectivity index (χ0v) is 14.5. The van der Waals surface area contributed by atoms with E-state index in [1.165, 1.54) is 18.2 Å². The van der Waals surface area contributed by atoms with E-state index in [4.69, 9.17) is 11.6 Å². The van der Waals surface area contributed by atoms with Crippen molar-refractivity contribution in [3.05, 3.63) is 59.1 Å². The largest absolute Gasteiger partial charge is 0.339 e. The van der Waals surface area contributed by atoms with Gasteiger partial charge >= 0.3 is 0 Å². The number of anilines is 1. The van der Waals surface area contributed by atoms with Crippen LogP contribution in [0, 0.1) is 0 Å². The maximum absolute atomic E-state index is 12.4. The van der Waals surface area contributed by atoms with Crippen LogP contribution < -0.4 is 4.72 Å². The van der Waals surface area contributed by atoms with Gasteiger partial charge in [-0.3, -0.25) is 9.52 Å². The first kappa shape index (κ1) is 16.8. The van der Waals surface area contributed by atoms with E-state index >= 15 is 0 Å². The van der Waals surface area contributed by atoms with Gasteiger partial charge in [-0.1, -0.05) is 17.7 Å². The molecular weight excluding hydrogens is 348 g/mol. The van der Waals surface area contributed by atoms with E-state index in [1.807, 2.05) is 0 Å². The van der Waals surface area contributed by atoms with Crippen LogP contribution in [0.15, 0.2) is 53.4 Å². The third-order valence-corrected chi connectivity index (χ3v) is 5.51. The molecular formula is C17H17ClN2O3S. The third kappa shape index (κ3) is 3.71. The van der Waals surface area contributed by atoms with Crippen molar-refractivity contribution in [2.75, 3.05) is 17.8 Å². The minimum atomic E-state index is -3.73. The maximum atomic E-state index is 12.4. The summed E-state index contributed by atoms with van der Waals surface area (Å²) in [5, 5.41) is 0.446. The molecule has 1 aliphatic rings. The van der Waals surface area contributed by atoms with Crippen molar-refractivity contribution < 1.29 is 13.2 Å². The Kier molecular flexibility index (Phi) is 4.78. The first-order valence-electron chi connectivity index (χ1n) is 7.63. The number of nitrogens with one attached hydrogen (secondary N) is 1. The normalized spacial score (nSPS) is 14.6. The standard InChI is InChI=1S/C17H17ClN2O3S/c18-14-4-3-5-15(12-14)19-24(22,23)16-8-6-13(7-9-16)17(21)20-10-1-2-11-20/h3-9,12,19H,1-2,10-11H2. The lowest BCUT2D eigenvalue weighted by molar-refractivity contribution is 0.0792. The van der Waals surface area contributed by atoms with Gasteiger partial charge in [-0.05, 0) is 55.3 Å². The summed E-state index contributed by atoms with van der Waals surface area (Å²) in [5.74, 6) is -0.0563. The molecule has 0 aromatic heterocycles. The molecule has 1 amide bonds. The maximum Gasteiger partial charge on any atom is 0.261 e. The van der Waals surface area contributed by atoms with Crippen molar-refractivity contribution in [2.24, 2.45) is 0 Å². The second-order valence-electron chi connectivity index (χ2n) is 5.64. The summed E-state index contributed by atoms with van der Waals surface area (Å²) < 4.78 is 27.3. The highest BCUT2D eigenvalue weighted by molar-refractivity contribution is 7.92. The molecule has 1 N–H and O–H groups in total. The Morgan fingerprint density at radius 1 is 1.04 bits per heavy atom.